The molecule has 0 fully saturated rings. The van der Waals surface area contributed by atoms with Gasteiger partial charge in [-0.2, -0.15) is 0 Å². The molecule has 3 aromatic rings. The first-order chi connectivity index (χ1) is 12.1. The fourth-order valence-electron chi connectivity index (χ4n) is 2.79. The van der Waals surface area contributed by atoms with Gasteiger partial charge in [0.25, 0.3) is 11.8 Å². The average molecular weight is 333 g/mol. The molecule has 1 aromatic heterocycles. The number of benzene rings is 2. The third-order valence-electron chi connectivity index (χ3n) is 4.06. The largest absolute Gasteiger partial charge is 0.479 e. The van der Waals surface area contributed by atoms with Crippen LogP contribution in [-0.2, 0) is 4.79 Å². The number of nitrogens with zero attached hydrogens (tertiary/aromatic N) is 1. The van der Waals surface area contributed by atoms with Crippen molar-refractivity contribution in [2.24, 2.45) is 0 Å². The summed E-state index contributed by atoms with van der Waals surface area (Å²) < 4.78 is 5.51. The highest BCUT2D eigenvalue weighted by Gasteiger charge is 2.23. The molecule has 124 valence electrons. The maximum absolute atomic E-state index is 12.7. The zero-order chi connectivity index (χ0) is 17.4. The highest BCUT2D eigenvalue weighted by Crippen LogP contribution is 2.32. The van der Waals surface area contributed by atoms with E-state index in [0.29, 0.717) is 22.7 Å². The van der Waals surface area contributed by atoms with Crippen molar-refractivity contribution in [3.05, 3.63) is 60.3 Å². The third kappa shape index (κ3) is 2.78. The number of amides is 2. The molecule has 1 unspecified atom stereocenters. The molecule has 2 amide bonds. The second kappa shape index (κ2) is 5.90. The van der Waals surface area contributed by atoms with Crippen molar-refractivity contribution in [1.82, 2.24) is 4.98 Å². The number of hydrogen-bond acceptors (Lipinski definition) is 4. The number of nitrogens with one attached hydrogen (secondary N) is 2. The second-order valence-corrected chi connectivity index (χ2v) is 5.79. The first kappa shape index (κ1) is 15.1. The predicted molar refractivity (Wildman–Crippen MR) is 94.9 cm³/mol. The van der Waals surface area contributed by atoms with Crippen molar-refractivity contribution in [3.8, 4) is 5.75 Å². The molecule has 1 aliphatic heterocycles. The Morgan fingerprint density at radius 1 is 1.20 bits per heavy atom. The van der Waals surface area contributed by atoms with E-state index in [1.165, 1.54) is 0 Å². The van der Waals surface area contributed by atoms with Gasteiger partial charge in [0.05, 0.1) is 11.2 Å². The summed E-state index contributed by atoms with van der Waals surface area (Å²) in [4.78, 5) is 28.6. The van der Waals surface area contributed by atoms with Gasteiger partial charge in [-0.1, -0.05) is 12.1 Å². The Balaban J connectivity index is 1.63. The highest BCUT2D eigenvalue weighted by molar-refractivity contribution is 6.12. The second-order valence-electron chi connectivity index (χ2n) is 5.79. The maximum Gasteiger partial charge on any atom is 0.265 e. The van der Waals surface area contributed by atoms with E-state index in [4.69, 9.17) is 4.74 Å². The summed E-state index contributed by atoms with van der Waals surface area (Å²) in [6, 6.07) is 14.2. The number of pyridine rings is 1. The minimum atomic E-state index is -0.531. The minimum Gasteiger partial charge on any atom is -0.479 e. The molecule has 0 saturated heterocycles. The molecule has 6 heteroatoms. The van der Waals surface area contributed by atoms with E-state index in [-0.39, 0.29) is 11.8 Å². The Labute approximate surface area is 143 Å². The average Bonchev–Trinajstić information content (AvgIpc) is 2.62. The number of ether oxygens (including phenoxy) is 1. The highest BCUT2D eigenvalue weighted by atomic mass is 16.5. The van der Waals surface area contributed by atoms with Crippen molar-refractivity contribution >= 4 is 34.1 Å². The molecule has 2 heterocycles. The Morgan fingerprint density at radius 3 is 2.96 bits per heavy atom. The van der Waals surface area contributed by atoms with Gasteiger partial charge in [-0.05, 0) is 43.3 Å². The number of carbonyl (C=O) groups excluding carboxylic acids is 2. The predicted octanol–water partition coefficient (Wildman–Crippen LogP) is 3.21. The summed E-state index contributed by atoms with van der Waals surface area (Å²) in [5, 5.41) is 6.40. The van der Waals surface area contributed by atoms with Crippen molar-refractivity contribution < 1.29 is 14.3 Å². The van der Waals surface area contributed by atoms with Crippen LogP contribution in [0.5, 0.6) is 5.75 Å². The number of anilines is 2. The van der Waals surface area contributed by atoms with E-state index in [1.807, 2.05) is 12.1 Å². The van der Waals surface area contributed by atoms with Gasteiger partial charge in [0.1, 0.15) is 5.75 Å². The molecule has 25 heavy (non-hydrogen) atoms. The van der Waals surface area contributed by atoms with E-state index in [1.54, 1.807) is 49.5 Å². The molecule has 0 bridgehead atoms. The Bertz CT molecular complexity index is 995. The van der Waals surface area contributed by atoms with Crippen LogP contribution >= 0.6 is 0 Å². The molecule has 0 saturated carbocycles. The quantitative estimate of drug-likeness (QED) is 0.755. The number of fused-ring (bicyclic) bond motifs is 2. The van der Waals surface area contributed by atoms with Gasteiger partial charge in [0, 0.05) is 22.8 Å². The number of carbonyl (C=O) groups is 2. The van der Waals surface area contributed by atoms with Crippen LogP contribution in [0.4, 0.5) is 11.4 Å². The lowest BCUT2D eigenvalue weighted by Crippen LogP contribution is -2.34. The molecule has 2 aromatic carbocycles. The summed E-state index contributed by atoms with van der Waals surface area (Å²) in [7, 11) is 0. The minimum absolute atomic E-state index is 0.212. The zero-order valence-corrected chi connectivity index (χ0v) is 13.4. The molecule has 1 atom stereocenters. The van der Waals surface area contributed by atoms with Crippen LogP contribution in [0.1, 0.15) is 17.3 Å². The lowest BCUT2D eigenvalue weighted by molar-refractivity contribution is -0.122. The molecule has 6 nitrogen and oxygen atoms in total. The van der Waals surface area contributed by atoms with Gasteiger partial charge in [-0.15, -0.1) is 0 Å². The summed E-state index contributed by atoms with van der Waals surface area (Å²) in [5.41, 5.74) is 2.41. The van der Waals surface area contributed by atoms with Crippen molar-refractivity contribution in [1.29, 1.82) is 0 Å². The fraction of sp³-hybridized carbons (Fsp3) is 0.105. The fourth-order valence-corrected chi connectivity index (χ4v) is 2.79. The Morgan fingerprint density at radius 2 is 2.08 bits per heavy atom. The summed E-state index contributed by atoms with van der Waals surface area (Å²) >= 11 is 0. The van der Waals surface area contributed by atoms with Gasteiger partial charge in [-0.3, -0.25) is 14.6 Å². The molecule has 4 rings (SSSR count). The van der Waals surface area contributed by atoms with Gasteiger partial charge >= 0.3 is 0 Å². The standard InChI is InChI=1S/C19H15N3O3/c1-11-18(23)22-16-10-12(7-8-17(16)25-11)21-19(24)14-4-2-6-15-13(14)5-3-9-20-15/h2-11H,1H3,(H,21,24)(H,22,23). The number of aromatic nitrogens is 1. The number of hydrogen-bond donors (Lipinski definition) is 2. The molecular weight excluding hydrogens is 318 g/mol. The first-order valence-electron chi connectivity index (χ1n) is 7.88. The third-order valence-corrected chi connectivity index (χ3v) is 4.06. The molecule has 2 N–H and O–H groups in total. The SMILES string of the molecule is CC1Oc2ccc(NC(=O)c3cccc4ncccc34)cc2NC1=O. The van der Waals surface area contributed by atoms with Gasteiger partial charge < -0.3 is 15.4 Å². The van der Waals surface area contributed by atoms with E-state index in [0.717, 1.165) is 10.9 Å². The van der Waals surface area contributed by atoms with Gasteiger partial charge in [0.15, 0.2) is 6.10 Å². The van der Waals surface area contributed by atoms with Crippen LogP contribution in [0.3, 0.4) is 0 Å². The zero-order valence-electron chi connectivity index (χ0n) is 13.4. The normalized spacial score (nSPS) is 15.9. The molecule has 0 spiro atoms. The Hall–Kier alpha value is -3.41. The smallest absolute Gasteiger partial charge is 0.265 e. The van der Waals surface area contributed by atoms with Crippen LogP contribution in [-0.4, -0.2) is 22.9 Å². The summed E-state index contributed by atoms with van der Waals surface area (Å²) in [5.74, 6) is 0.130. The van der Waals surface area contributed by atoms with Gasteiger partial charge in [0.2, 0.25) is 0 Å². The number of rotatable bonds is 2. The van der Waals surface area contributed by atoms with Crippen molar-refractivity contribution in [3.63, 3.8) is 0 Å². The van der Waals surface area contributed by atoms with Crippen LogP contribution in [0.15, 0.2) is 54.7 Å². The maximum atomic E-state index is 12.7. The monoisotopic (exact) mass is 333 g/mol. The van der Waals surface area contributed by atoms with Crippen LogP contribution in [0, 0.1) is 0 Å². The van der Waals surface area contributed by atoms with Crippen molar-refractivity contribution in [2.75, 3.05) is 10.6 Å². The van der Waals surface area contributed by atoms with E-state index in [2.05, 4.69) is 15.6 Å². The summed E-state index contributed by atoms with van der Waals surface area (Å²) in [6.45, 7) is 1.68. The first-order valence-corrected chi connectivity index (χ1v) is 7.88. The lowest BCUT2D eigenvalue weighted by atomic mass is 10.1. The van der Waals surface area contributed by atoms with E-state index in [9.17, 15) is 9.59 Å². The van der Waals surface area contributed by atoms with Gasteiger partial charge in [-0.25, -0.2) is 0 Å². The van der Waals surface area contributed by atoms with Crippen molar-refractivity contribution in [2.45, 2.75) is 13.0 Å². The topological polar surface area (TPSA) is 80.3 Å². The van der Waals surface area contributed by atoms with Crippen LogP contribution < -0.4 is 15.4 Å². The molecular formula is C19H15N3O3. The summed E-state index contributed by atoms with van der Waals surface area (Å²) in [6.07, 6.45) is 1.16. The Kier molecular flexibility index (Phi) is 3.57. The van der Waals surface area contributed by atoms with E-state index < -0.39 is 6.10 Å². The van der Waals surface area contributed by atoms with Crippen LogP contribution in [0.25, 0.3) is 10.9 Å². The van der Waals surface area contributed by atoms with Crippen LogP contribution in [0.2, 0.25) is 0 Å². The van der Waals surface area contributed by atoms with E-state index >= 15 is 0 Å². The lowest BCUT2D eigenvalue weighted by Gasteiger charge is -2.23. The molecule has 0 radical (unpaired) electrons. The molecule has 0 aliphatic carbocycles. The molecule has 1 aliphatic rings.